The molecule has 0 atom stereocenters. The number of carbonyl (C=O) groups excluding carboxylic acids is 1. The molecule has 0 radical (unpaired) electrons. The van der Waals surface area contributed by atoms with Crippen LogP contribution in [0.3, 0.4) is 0 Å². The van der Waals surface area contributed by atoms with Gasteiger partial charge >= 0.3 is 0 Å². The van der Waals surface area contributed by atoms with Gasteiger partial charge in [0.1, 0.15) is 18.0 Å². The molecule has 3 rings (SSSR count). The van der Waals surface area contributed by atoms with Gasteiger partial charge in [-0.3, -0.25) is 4.79 Å². The zero-order valence-corrected chi connectivity index (χ0v) is 14.9. The maximum Gasteiger partial charge on any atom is 0.263 e. The van der Waals surface area contributed by atoms with Gasteiger partial charge in [-0.15, -0.1) is 10.2 Å². The Bertz CT molecular complexity index is 939. The second kappa shape index (κ2) is 8.56. The van der Waals surface area contributed by atoms with Gasteiger partial charge in [0.2, 0.25) is 5.82 Å². The molecule has 9 nitrogen and oxygen atoms in total. The number of benzene rings is 2. The third kappa shape index (κ3) is 4.66. The summed E-state index contributed by atoms with van der Waals surface area (Å²) < 4.78 is 10.4. The number of hydrazone groups is 1. The highest BCUT2D eigenvalue weighted by Crippen LogP contribution is 2.22. The van der Waals surface area contributed by atoms with Crippen LogP contribution in [0.5, 0.6) is 11.5 Å². The van der Waals surface area contributed by atoms with Gasteiger partial charge in [-0.05, 0) is 23.4 Å². The molecule has 0 saturated heterocycles. The van der Waals surface area contributed by atoms with E-state index in [2.05, 4.69) is 25.9 Å². The molecule has 0 bridgehead atoms. The van der Waals surface area contributed by atoms with Crippen LogP contribution in [0.25, 0.3) is 11.4 Å². The number of aromatic nitrogens is 4. The van der Waals surface area contributed by atoms with Crippen LogP contribution < -0.4 is 14.9 Å². The minimum absolute atomic E-state index is 0.105. The standard InChI is InChI=1S/C18H18N6O3/c1-26-15-8-9-16(27-2)14(10-15)11-19-20-17(25)12-24-22-18(21-23-24)13-6-4-3-5-7-13/h3-11H,12H2,1-2H3,(H,20,25)/b19-11-. The Morgan fingerprint density at radius 3 is 2.74 bits per heavy atom. The molecule has 0 saturated carbocycles. The molecule has 2 aromatic carbocycles. The number of methoxy groups -OCH3 is 2. The predicted molar refractivity (Wildman–Crippen MR) is 98.5 cm³/mol. The smallest absolute Gasteiger partial charge is 0.263 e. The minimum atomic E-state index is -0.384. The summed E-state index contributed by atoms with van der Waals surface area (Å²) in [7, 11) is 3.12. The summed E-state index contributed by atoms with van der Waals surface area (Å²) in [4.78, 5) is 13.2. The van der Waals surface area contributed by atoms with Crippen molar-refractivity contribution in [3.63, 3.8) is 0 Å². The molecule has 0 unspecified atom stereocenters. The van der Waals surface area contributed by atoms with Crippen molar-refractivity contribution in [2.45, 2.75) is 6.54 Å². The average molecular weight is 366 g/mol. The van der Waals surface area contributed by atoms with Crippen LogP contribution in [-0.2, 0) is 11.3 Å². The molecule has 0 fully saturated rings. The van der Waals surface area contributed by atoms with E-state index in [1.54, 1.807) is 32.4 Å². The molecule has 0 spiro atoms. The zero-order chi connectivity index (χ0) is 19.1. The van der Waals surface area contributed by atoms with Crippen LogP contribution >= 0.6 is 0 Å². The predicted octanol–water partition coefficient (Wildman–Crippen LogP) is 1.51. The Hall–Kier alpha value is -3.75. The number of nitrogens with zero attached hydrogens (tertiary/aromatic N) is 5. The van der Waals surface area contributed by atoms with Crippen LogP contribution in [0.1, 0.15) is 5.56 Å². The van der Waals surface area contributed by atoms with Crippen molar-refractivity contribution in [3.05, 3.63) is 54.1 Å². The first-order valence-corrected chi connectivity index (χ1v) is 8.07. The van der Waals surface area contributed by atoms with E-state index in [9.17, 15) is 4.79 Å². The van der Waals surface area contributed by atoms with Gasteiger partial charge in [0.25, 0.3) is 5.91 Å². The largest absolute Gasteiger partial charge is 0.497 e. The van der Waals surface area contributed by atoms with E-state index < -0.39 is 0 Å². The van der Waals surface area contributed by atoms with Crippen molar-refractivity contribution in [2.24, 2.45) is 5.10 Å². The summed E-state index contributed by atoms with van der Waals surface area (Å²) >= 11 is 0. The van der Waals surface area contributed by atoms with E-state index in [-0.39, 0.29) is 12.5 Å². The lowest BCUT2D eigenvalue weighted by molar-refractivity contribution is -0.122. The fraction of sp³-hybridized carbons (Fsp3) is 0.167. The Morgan fingerprint density at radius 1 is 1.19 bits per heavy atom. The van der Waals surface area contributed by atoms with Crippen molar-refractivity contribution in [3.8, 4) is 22.9 Å². The van der Waals surface area contributed by atoms with Crippen molar-refractivity contribution >= 4 is 12.1 Å². The number of amides is 1. The van der Waals surface area contributed by atoms with E-state index >= 15 is 0 Å². The summed E-state index contributed by atoms with van der Waals surface area (Å²) in [5, 5.41) is 15.9. The van der Waals surface area contributed by atoms with Gasteiger partial charge in [-0.25, -0.2) is 5.43 Å². The minimum Gasteiger partial charge on any atom is -0.497 e. The van der Waals surface area contributed by atoms with Crippen LogP contribution in [0, 0.1) is 0 Å². The monoisotopic (exact) mass is 366 g/mol. The normalized spacial score (nSPS) is 10.7. The Balaban J connectivity index is 1.60. The van der Waals surface area contributed by atoms with Crippen LogP contribution in [0.2, 0.25) is 0 Å². The van der Waals surface area contributed by atoms with Gasteiger partial charge in [0.15, 0.2) is 0 Å². The maximum atomic E-state index is 12.0. The first-order valence-electron chi connectivity index (χ1n) is 8.07. The molecular weight excluding hydrogens is 348 g/mol. The van der Waals surface area contributed by atoms with Gasteiger partial charge in [0.05, 0.1) is 20.4 Å². The number of hydrogen-bond donors (Lipinski definition) is 1. The third-order valence-electron chi connectivity index (χ3n) is 3.60. The summed E-state index contributed by atoms with van der Waals surface area (Å²) in [6.45, 7) is -0.105. The highest BCUT2D eigenvalue weighted by molar-refractivity contribution is 5.85. The molecule has 138 valence electrons. The first kappa shape index (κ1) is 18.1. The van der Waals surface area contributed by atoms with Crippen molar-refractivity contribution in [1.29, 1.82) is 0 Å². The van der Waals surface area contributed by atoms with Crippen LogP contribution in [0.4, 0.5) is 0 Å². The topological polar surface area (TPSA) is 104 Å². The van der Waals surface area contributed by atoms with Gasteiger partial charge < -0.3 is 9.47 Å². The second-order valence-corrected chi connectivity index (χ2v) is 5.41. The summed E-state index contributed by atoms with van der Waals surface area (Å²) in [6, 6.07) is 14.7. The molecule has 0 aliphatic rings. The van der Waals surface area contributed by atoms with E-state index in [0.29, 0.717) is 22.9 Å². The average Bonchev–Trinajstić information content (AvgIpc) is 3.17. The molecule has 1 N–H and O–H groups in total. The maximum absolute atomic E-state index is 12.0. The molecule has 1 amide bonds. The highest BCUT2D eigenvalue weighted by Gasteiger charge is 2.09. The molecule has 3 aromatic rings. The lowest BCUT2D eigenvalue weighted by Gasteiger charge is -2.06. The van der Waals surface area contributed by atoms with E-state index in [1.807, 2.05) is 30.3 Å². The molecule has 27 heavy (non-hydrogen) atoms. The van der Waals surface area contributed by atoms with Gasteiger partial charge in [0, 0.05) is 11.1 Å². The Labute approximate surface area is 155 Å². The van der Waals surface area contributed by atoms with E-state index in [0.717, 1.165) is 5.56 Å². The lowest BCUT2D eigenvalue weighted by Crippen LogP contribution is -2.24. The lowest BCUT2D eigenvalue weighted by atomic mass is 10.2. The molecule has 1 aromatic heterocycles. The second-order valence-electron chi connectivity index (χ2n) is 5.41. The number of nitrogens with one attached hydrogen (secondary N) is 1. The number of tetrazole rings is 1. The van der Waals surface area contributed by atoms with Crippen LogP contribution in [-0.4, -0.2) is 46.5 Å². The quantitative estimate of drug-likeness (QED) is 0.502. The van der Waals surface area contributed by atoms with Crippen molar-refractivity contribution in [2.75, 3.05) is 14.2 Å². The molecular formula is C18H18N6O3. The summed E-state index contributed by atoms with van der Waals surface area (Å²) in [5.74, 6) is 1.33. The molecule has 0 aliphatic carbocycles. The number of ether oxygens (including phenoxy) is 2. The zero-order valence-electron chi connectivity index (χ0n) is 14.9. The van der Waals surface area contributed by atoms with Gasteiger partial charge in [-0.2, -0.15) is 9.90 Å². The number of rotatable bonds is 7. The summed E-state index contributed by atoms with van der Waals surface area (Å²) in [5.41, 5.74) is 3.92. The number of carbonyl (C=O) groups is 1. The fourth-order valence-electron chi connectivity index (χ4n) is 2.29. The molecule has 9 heteroatoms. The first-order chi connectivity index (χ1) is 13.2. The van der Waals surface area contributed by atoms with Gasteiger partial charge in [-0.1, -0.05) is 30.3 Å². The highest BCUT2D eigenvalue weighted by atomic mass is 16.5. The van der Waals surface area contributed by atoms with Crippen molar-refractivity contribution in [1.82, 2.24) is 25.6 Å². The molecule has 0 aliphatic heterocycles. The third-order valence-corrected chi connectivity index (χ3v) is 3.60. The Kier molecular flexibility index (Phi) is 5.73. The fourth-order valence-corrected chi connectivity index (χ4v) is 2.29. The summed E-state index contributed by atoms with van der Waals surface area (Å²) in [6.07, 6.45) is 1.48. The Morgan fingerprint density at radius 2 is 2.00 bits per heavy atom. The van der Waals surface area contributed by atoms with E-state index in [4.69, 9.17) is 9.47 Å². The van der Waals surface area contributed by atoms with E-state index in [1.165, 1.54) is 11.0 Å². The van der Waals surface area contributed by atoms with Crippen LogP contribution in [0.15, 0.2) is 53.6 Å². The number of hydrogen-bond acceptors (Lipinski definition) is 7. The van der Waals surface area contributed by atoms with Crippen molar-refractivity contribution < 1.29 is 14.3 Å². The molecule has 1 heterocycles. The SMILES string of the molecule is COc1ccc(OC)c(/C=N\NC(=O)Cn2nnc(-c3ccccc3)n2)c1.